The molecule has 0 spiro atoms. The molecule has 0 fully saturated rings. The fourth-order valence-electron chi connectivity index (χ4n) is 0.843. The van der Waals surface area contributed by atoms with E-state index in [1.54, 1.807) is 6.92 Å². The average molecular weight is 235 g/mol. The van der Waals surface area contributed by atoms with E-state index in [1.807, 2.05) is 0 Å². The zero-order valence-electron chi connectivity index (χ0n) is 10.6. The number of carbonyl (C=O) groups excluding carboxylic acids is 1. The predicted octanol–water partition coefficient (Wildman–Crippen LogP) is 1.92. The Hall–Kier alpha value is -0.136. The minimum atomic E-state index is -0.929. The summed E-state index contributed by atoms with van der Waals surface area (Å²) < 4.78 is 6.78. The highest BCUT2D eigenvalue weighted by Gasteiger charge is 2.21. The maximum atomic E-state index is 9.18. The van der Waals surface area contributed by atoms with Gasteiger partial charge in [0.2, 0.25) is 0 Å². The molecule has 0 saturated carbocycles. The van der Waals surface area contributed by atoms with Crippen LogP contribution in [0.15, 0.2) is 0 Å². The largest absolute Gasteiger partial charge is 0.468 e. The lowest BCUT2D eigenvalue weighted by atomic mass is 10.9. The normalized spacial score (nSPS) is 10.9. The SMILES string of the molecule is CCOC=O.CN([SiH](C)C)[Si](C)(C)C. The van der Waals surface area contributed by atoms with Gasteiger partial charge >= 0.3 is 0 Å². The van der Waals surface area contributed by atoms with Gasteiger partial charge in [-0.2, -0.15) is 0 Å². The summed E-state index contributed by atoms with van der Waals surface area (Å²) in [6.07, 6.45) is 0. The predicted molar refractivity (Wildman–Crippen MR) is 67.7 cm³/mol. The molecule has 86 valence electrons. The van der Waals surface area contributed by atoms with E-state index in [9.17, 15) is 4.79 Å². The highest BCUT2D eigenvalue weighted by molar-refractivity contribution is 6.82. The van der Waals surface area contributed by atoms with Gasteiger partial charge in [-0.3, -0.25) is 4.79 Å². The molecule has 0 N–H and O–H groups in total. The third-order valence-electron chi connectivity index (χ3n) is 2.07. The lowest BCUT2D eigenvalue weighted by Crippen LogP contribution is -2.49. The molecule has 0 aromatic rings. The summed E-state index contributed by atoms with van der Waals surface area (Å²) in [4.78, 5) is 9.18. The Bertz CT molecular complexity index is 146. The molecule has 0 aliphatic carbocycles. The van der Waals surface area contributed by atoms with E-state index in [4.69, 9.17) is 0 Å². The molecule has 14 heavy (non-hydrogen) atoms. The van der Waals surface area contributed by atoms with Crippen molar-refractivity contribution in [1.82, 2.24) is 4.23 Å². The van der Waals surface area contributed by atoms with Gasteiger partial charge in [0.15, 0.2) is 0 Å². The van der Waals surface area contributed by atoms with E-state index in [1.165, 1.54) is 0 Å². The van der Waals surface area contributed by atoms with Crippen molar-refractivity contribution in [3.05, 3.63) is 0 Å². The number of carbonyl (C=O) groups is 1. The number of hydrogen-bond acceptors (Lipinski definition) is 3. The maximum Gasteiger partial charge on any atom is 0.293 e. The molecule has 0 bridgehead atoms. The topological polar surface area (TPSA) is 29.5 Å². The Kier molecular flexibility index (Phi) is 9.54. The molecule has 0 atom stereocenters. The number of ether oxygens (including phenoxy) is 1. The van der Waals surface area contributed by atoms with Gasteiger partial charge in [0.05, 0.1) is 15.6 Å². The van der Waals surface area contributed by atoms with Crippen LogP contribution in [0, 0.1) is 0 Å². The van der Waals surface area contributed by atoms with E-state index in [2.05, 4.69) is 48.8 Å². The van der Waals surface area contributed by atoms with Crippen LogP contribution in [0.4, 0.5) is 0 Å². The monoisotopic (exact) mass is 235 g/mol. The van der Waals surface area contributed by atoms with Crippen molar-refractivity contribution >= 4 is 23.7 Å². The standard InChI is InChI=1S/C6H19NSi2.C3H6O2/c1-7(8(2)3)9(4,5)6;1-2-5-3-4/h8H,1-6H3;3H,2H2,1H3. The van der Waals surface area contributed by atoms with Gasteiger partial charge in [-0.1, -0.05) is 32.7 Å². The highest BCUT2D eigenvalue weighted by Crippen LogP contribution is 2.07. The maximum absolute atomic E-state index is 9.18. The van der Waals surface area contributed by atoms with E-state index in [-0.39, 0.29) is 0 Å². The van der Waals surface area contributed by atoms with Crippen molar-refractivity contribution in [2.45, 2.75) is 39.7 Å². The van der Waals surface area contributed by atoms with Crippen LogP contribution in [0.1, 0.15) is 6.92 Å². The van der Waals surface area contributed by atoms with E-state index in [0.29, 0.717) is 13.1 Å². The molecular weight excluding hydrogens is 210 g/mol. The summed E-state index contributed by atoms with van der Waals surface area (Å²) in [5, 5.41) is 0. The molecule has 0 aliphatic heterocycles. The molecule has 0 amide bonds. The van der Waals surface area contributed by atoms with Crippen LogP contribution in [0.25, 0.3) is 0 Å². The van der Waals surface area contributed by atoms with Crippen LogP contribution in [0.2, 0.25) is 32.7 Å². The smallest absolute Gasteiger partial charge is 0.293 e. The molecule has 0 radical (unpaired) electrons. The summed E-state index contributed by atoms with van der Waals surface area (Å²) in [5.41, 5.74) is 0. The minimum absolute atomic E-state index is 0.431. The van der Waals surface area contributed by atoms with Gasteiger partial charge in [-0.25, -0.2) is 0 Å². The first-order valence-electron chi connectivity index (χ1n) is 5.05. The molecule has 0 aromatic carbocycles. The van der Waals surface area contributed by atoms with Gasteiger partial charge < -0.3 is 8.97 Å². The zero-order valence-corrected chi connectivity index (χ0v) is 12.8. The molecule has 0 heterocycles. The van der Waals surface area contributed by atoms with Crippen LogP contribution in [0.3, 0.4) is 0 Å². The molecule has 0 saturated heterocycles. The van der Waals surface area contributed by atoms with Crippen LogP contribution in [0.5, 0.6) is 0 Å². The molecule has 3 nitrogen and oxygen atoms in total. The molecular formula is C9H25NO2Si2. The lowest BCUT2D eigenvalue weighted by molar-refractivity contribution is -0.128. The Morgan fingerprint density at radius 2 is 1.79 bits per heavy atom. The third-order valence-corrected chi connectivity index (χ3v) is 9.61. The lowest BCUT2D eigenvalue weighted by Gasteiger charge is -2.33. The number of hydrogen-bond donors (Lipinski definition) is 0. The van der Waals surface area contributed by atoms with Crippen molar-refractivity contribution in [3.63, 3.8) is 0 Å². The second-order valence-corrected chi connectivity index (χ2v) is 13.0. The molecule has 0 aliphatic rings. The Balaban J connectivity index is 0. The molecule has 0 unspecified atom stereocenters. The minimum Gasteiger partial charge on any atom is -0.468 e. The summed E-state index contributed by atoms with van der Waals surface area (Å²) in [6, 6.07) is 0. The average Bonchev–Trinajstić information content (AvgIpc) is 2.04. The third kappa shape index (κ3) is 9.95. The van der Waals surface area contributed by atoms with Crippen LogP contribution < -0.4 is 0 Å². The van der Waals surface area contributed by atoms with Crippen molar-refractivity contribution in [3.8, 4) is 0 Å². The van der Waals surface area contributed by atoms with Crippen molar-refractivity contribution in [2.75, 3.05) is 13.7 Å². The molecule has 0 aromatic heterocycles. The first-order chi connectivity index (χ1) is 6.27. The van der Waals surface area contributed by atoms with E-state index in [0.717, 1.165) is 0 Å². The second-order valence-electron chi connectivity index (χ2n) is 4.43. The number of rotatable bonds is 4. The Labute approximate surface area is 91.2 Å². The van der Waals surface area contributed by atoms with Gasteiger partial charge in [0.1, 0.15) is 8.24 Å². The second kappa shape index (κ2) is 8.20. The van der Waals surface area contributed by atoms with Crippen molar-refractivity contribution in [2.24, 2.45) is 0 Å². The van der Waals surface area contributed by atoms with Crippen LogP contribution >= 0.6 is 0 Å². The van der Waals surface area contributed by atoms with Gasteiger partial charge in [-0.05, 0) is 14.0 Å². The van der Waals surface area contributed by atoms with E-state index >= 15 is 0 Å². The fraction of sp³-hybridized carbons (Fsp3) is 0.889. The quantitative estimate of drug-likeness (QED) is 0.551. The number of nitrogens with zero attached hydrogens (tertiary/aromatic N) is 1. The first-order valence-corrected chi connectivity index (χ1v) is 11.3. The summed E-state index contributed by atoms with van der Waals surface area (Å²) in [7, 11) is 0.858. The van der Waals surface area contributed by atoms with Gasteiger partial charge in [-0.15, -0.1) is 0 Å². The summed E-state index contributed by atoms with van der Waals surface area (Å²) in [6.45, 7) is 14.6. The van der Waals surface area contributed by atoms with Crippen molar-refractivity contribution in [1.29, 1.82) is 0 Å². The van der Waals surface area contributed by atoms with Crippen LogP contribution in [-0.4, -0.2) is 41.6 Å². The fourth-order valence-corrected chi connectivity index (χ4v) is 7.04. The first kappa shape index (κ1) is 16.3. The molecule has 5 heteroatoms. The summed E-state index contributed by atoms with van der Waals surface area (Å²) >= 11 is 0. The van der Waals surface area contributed by atoms with Crippen LogP contribution in [-0.2, 0) is 9.53 Å². The zero-order chi connectivity index (χ0) is 11.8. The van der Waals surface area contributed by atoms with Gasteiger partial charge in [0, 0.05) is 0 Å². The van der Waals surface area contributed by atoms with Crippen molar-refractivity contribution < 1.29 is 9.53 Å². The summed E-state index contributed by atoms with van der Waals surface area (Å²) in [5.74, 6) is 0. The highest BCUT2D eigenvalue weighted by atomic mass is 28.4. The van der Waals surface area contributed by atoms with Gasteiger partial charge in [0.25, 0.3) is 6.47 Å². The molecule has 0 rings (SSSR count). The Morgan fingerprint density at radius 1 is 1.36 bits per heavy atom. The Morgan fingerprint density at radius 3 is 1.79 bits per heavy atom. The van der Waals surface area contributed by atoms with E-state index < -0.39 is 17.2 Å².